The van der Waals surface area contributed by atoms with E-state index in [0.29, 0.717) is 18.0 Å². The first-order valence-corrected chi connectivity index (χ1v) is 11.2. The predicted octanol–water partition coefficient (Wildman–Crippen LogP) is 3.34. The molecule has 1 fully saturated rings. The molecular weight excluding hydrogens is 374 g/mol. The molecule has 1 aliphatic rings. The zero-order valence-corrected chi connectivity index (χ0v) is 17.6. The third-order valence-electron chi connectivity index (χ3n) is 5.05. The Morgan fingerprint density at radius 1 is 1.00 bits per heavy atom. The zero-order valence-electron chi connectivity index (χ0n) is 16.8. The fourth-order valence-electron chi connectivity index (χ4n) is 3.47. The lowest BCUT2D eigenvalue weighted by Gasteiger charge is -2.36. The highest BCUT2D eigenvalue weighted by atomic mass is 32.2. The third-order valence-corrected chi connectivity index (χ3v) is 6.45. The summed E-state index contributed by atoms with van der Waals surface area (Å²) in [5.41, 5.74) is 2.80. The van der Waals surface area contributed by atoms with Crippen molar-refractivity contribution in [1.82, 2.24) is 4.90 Å². The number of benzene rings is 2. The minimum Gasteiger partial charge on any atom is -0.494 e. The van der Waals surface area contributed by atoms with Crippen molar-refractivity contribution in [2.75, 3.05) is 49.0 Å². The molecule has 7 heteroatoms. The Balaban J connectivity index is 1.71. The Morgan fingerprint density at radius 2 is 1.68 bits per heavy atom. The van der Waals surface area contributed by atoms with Crippen LogP contribution >= 0.6 is 0 Å². The minimum atomic E-state index is -3.64. The number of hydrogen-bond acceptors (Lipinski definition) is 5. The average Bonchev–Trinajstić information content (AvgIpc) is 2.69. The largest absolute Gasteiger partial charge is 0.494 e. The molecule has 1 heterocycles. The number of anilines is 2. The summed E-state index contributed by atoms with van der Waals surface area (Å²) in [4.78, 5) is 5.02. The zero-order chi connectivity index (χ0) is 20.1. The van der Waals surface area contributed by atoms with E-state index in [2.05, 4.69) is 21.4 Å². The molecule has 1 saturated heterocycles. The van der Waals surface area contributed by atoms with Gasteiger partial charge in [0, 0.05) is 37.6 Å². The second-order valence-electron chi connectivity index (χ2n) is 6.93. The molecule has 1 aliphatic heterocycles. The van der Waals surface area contributed by atoms with Gasteiger partial charge in [0.2, 0.25) is 0 Å². The van der Waals surface area contributed by atoms with E-state index >= 15 is 0 Å². The highest BCUT2D eigenvalue weighted by Gasteiger charge is 2.19. The van der Waals surface area contributed by atoms with Gasteiger partial charge >= 0.3 is 0 Å². The lowest BCUT2D eigenvalue weighted by Crippen LogP contribution is -2.46. The summed E-state index contributed by atoms with van der Waals surface area (Å²) in [5.74, 6) is 0.657. The fourth-order valence-corrected chi connectivity index (χ4v) is 4.52. The normalized spacial score (nSPS) is 15.5. The van der Waals surface area contributed by atoms with Gasteiger partial charge in [0.15, 0.2) is 0 Å². The first kappa shape index (κ1) is 20.5. The Labute approximate surface area is 168 Å². The first-order valence-electron chi connectivity index (χ1n) is 9.76. The van der Waals surface area contributed by atoms with E-state index in [-0.39, 0.29) is 4.90 Å². The van der Waals surface area contributed by atoms with Crippen LogP contribution < -0.4 is 14.4 Å². The molecule has 0 saturated carbocycles. The first-order chi connectivity index (χ1) is 13.4. The summed E-state index contributed by atoms with van der Waals surface area (Å²) in [6, 6.07) is 12.2. The van der Waals surface area contributed by atoms with Crippen molar-refractivity contribution < 1.29 is 13.2 Å². The van der Waals surface area contributed by atoms with E-state index in [0.717, 1.165) is 38.3 Å². The van der Waals surface area contributed by atoms with E-state index in [1.165, 1.54) is 5.69 Å². The number of hydrogen-bond donors (Lipinski definition) is 1. The maximum absolute atomic E-state index is 12.7. The monoisotopic (exact) mass is 403 g/mol. The molecule has 0 aromatic heterocycles. The lowest BCUT2D eigenvalue weighted by atomic mass is 10.1. The molecule has 152 valence electrons. The molecule has 0 radical (unpaired) electrons. The van der Waals surface area contributed by atoms with Gasteiger partial charge in [-0.2, -0.15) is 0 Å². The number of ether oxygens (including phenoxy) is 1. The second kappa shape index (κ2) is 8.84. The van der Waals surface area contributed by atoms with Crippen molar-refractivity contribution in [3.05, 3.63) is 48.0 Å². The van der Waals surface area contributed by atoms with Crippen LogP contribution in [-0.2, 0) is 10.0 Å². The number of nitrogens with one attached hydrogen (secondary N) is 1. The topological polar surface area (TPSA) is 61.9 Å². The molecule has 6 nitrogen and oxygen atoms in total. The van der Waals surface area contributed by atoms with Crippen LogP contribution in [0.25, 0.3) is 0 Å². The average molecular weight is 404 g/mol. The molecule has 2 aromatic rings. The summed E-state index contributed by atoms with van der Waals surface area (Å²) in [7, 11) is -3.64. The highest BCUT2D eigenvalue weighted by molar-refractivity contribution is 7.92. The van der Waals surface area contributed by atoms with E-state index in [9.17, 15) is 8.42 Å². The van der Waals surface area contributed by atoms with Gasteiger partial charge in [-0.1, -0.05) is 6.92 Å². The van der Waals surface area contributed by atoms with E-state index in [1.54, 1.807) is 24.3 Å². The van der Waals surface area contributed by atoms with Crippen LogP contribution in [0.2, 0.25) is 0 Å². The van der Waals surface area contributed by atoms with E-state index < -0.39 is 10.0 Å². The molecule has 2 aromatic carbocycles. The summed E-state index contributed by atoms with van der Waals surface area (Å²) in [6.45, 7) is 11.8. The van der Waals surface area contributed by atoms with Crippen molar-refractivity contribution in [2.45, 2.75) is 25.7 Å². The van der Waals surface area contributed by atoms with Gasteiger partial charge in [-0.25, -0.2) is 8.42 Å². The van der Waals surface area contributed by atoms with Gasteiger partial charge in [-0.3, -0.25) is 4.72 Å². The van der Waals surface area contributed by atoms with Gasteiger partial charge in [0.05, 0.1) is 11.5 Å². The summed E-state index contributed by atoms with van der Waals surface area (Å²) >= 11 is 0. The number of rotatable bonds is 7. The molecule has 0 unspecified atom stereocenters. The standard InChI is InChI=1S/C21H29N3O3S/c1-4-23-12-14-24(15-13-23)21-11-6-18(16-17(21)3)22-28(25,26)20-9-7-19(8-10-20)27-5-2/h6-11,16,22H,4-5,12-15H2,1-3H3. The van der Waals surface area contributed by atoms with Crippen molar-refractivity contribution in [3.8, 4) is 5.75 Å². The molecule has 0 amide bonds. The van der Waals surface area contributed by atoms with Gasteiger partial charge in [0.25, 0.3) is 10.0 Å². The number of piperazine rings is 1. The van der Waals surface area contributed by atoms with Crippen LogP contribution in [0, 0.1) is 6.92 Å². The van der Waals surface area contributed by atoms with Crippen molar-refractivity contribution in [3.63, 3.8) is 0 Å². The highest BCUT2D eigenvalue weighted by Crippen LogP contribution is 2.26. The second-order valence-corrected chi connectivity index (χ2v) is 8.61. The fraction of sp³-hybridized carbons (Fsp3) is 0.429. The van der Waals surface area contributed by atoms with Crippen LogP contribution in [0.1, 0.15) is 19.4 Å². The van der Waals surface area contributed by atoms with Crippen molar-refractivity contribution in [1.29, 1.82) is 0 Å². The van der Waals surface area contributed by atoms with Crippen molar-refractivity contribution in [2.24, 2.45) is 0 Å². The Kier molecular flexibility index (Phi) is 6.46. The summed E-state index contributed by atoms with van der Waals surface area (Å²) in [6.07, 6.45) is 0. The quantitative estimate of drug-likeness (QED) is 0.768. The van der Waals surface area contributed by atoms with Crippen LogP contribution in [0.15, 0.2) is 47.4 Å². The SMILES string of the molecule is CCOc1ccc(S(=O)(=O)Nc2ccc(N3CCN(CC)CC3)c(C)c2)cc1. The smallest absolute Gasteiger partial charge is 0.261 e. The van der Waals surface area contributed by atoms with Crippen LogP contribution in [0.3, 0.4) is 0 Å². The Bertz CT molecular complexity index is 890. The lowest BCUT2D eigenvalue weighted by molar-refractivity contribution is 0.271. The molecule has 0 aliphatic carbocycles. The van der Waals surface area contributed by atoms with Crippen LogP contribution in [0.5, 0.6) is 5.75 Å². The molecule has 3 rings (SSSR count). The van der Waals surface area contributed by atoms with Gasteiger partial charge in [0.1, 0.15) is 5.75 Å². The van der Waals surface area contributed by atoms with Crippen molar-refractivity contribution >= 4 is 21.4 Å². The van der Waals surface area contributed by atoms with E-state index in [4.69, 9.17) is 4.74 Å². The molecule has 0 spiro atoms. The summed E-state index contributed by atoms with van der Waals surface area (Å²) < 4.78 is 33.4. The Hall–Kier alpha value is -2.25. The van der Waals surface area contributed by atoms with Gasteiger partial charge in [-0.05, 0) is 68.4 Å². The van der Waals surface area contributed by atoms with Gasteiger partial charge < -0.3 is 14.5 Å². The Morgan fingerprint density at radius 3 is 2.25 bits per heavy atom. The van der Waals surface area contributed by atoms with Gasteiger partial charge in [-0.15, -0.1) is 0 Å². The number of aryl methyl sites for hydroxylation is 1. The number of sulfonamides is 1. The maximum atomic E-state index is 12.7. The number of likely N-dealkylation sites (N-methyl/N-ethyl adjacent to an activating group) is 1. The van der Waals surface area contributed by atoms with E-state index in [1.807, 2.05) is 32.0 Å². The molecule has 0 atom stereocenters. The maximum Gasteiger partial charge on any atom is 0.261 e. The van der Waals surface area contributed by atoms with Crippen LogP contribution in [-0.4, -0.2) is 52.6 Å². The molecular formula is C21H29N3O3S. The molecule has 1 N–H and O–H groups in total. The predicted molar refractivity (Wildman–Crippen MR) is 114 cm³/mol. The number of nitrogens with zero attached hydrogens (tertiary/aromatic N) is 2. The molecule has 28 heavy (non-hydrogen) atoms. The molecule has 0 bridgehead atoms. The summed E-state index contributed by atoms with van der Waals surface area (Å²) in [5, 5.41) is 0. The van der Waals surface area contributed by atoms with Crippen LogP contribution in [0.4, 0.5) is 11.4 Å². The minimum absolute atomic E-state index is 0.216. The third kappa shape index (κ3) is 4.77.